The Bertz CT molecular complexity index is 3140. The predicted octanol–water partition coefficient (Wildman–Crippen LogP) is 16.5. The molecule has 69 heavy (non-hydrogen) atoms. The van der Waals surface area contributed by atoms with Gasteiger partial charge >= 0.3 is 0 Å². The van der Waals surface area contributed by atoms with Crippen LogP contribution in [0.5, 0.6) is 0 Å². The number of fused-ring (bicyclic) bond motifs is 5. The molecule has 3 aliphatic rings. The first kappa shape index (κ1) is 46.9. The number of benzene rings is 7. The zero-order chi connectivity index (χ0) is 49.3. The van der Waals surface area contributed by atoms with Crippen molar-refractivity contribution >= 4 is 57.2 Å². The lowest BCUT2D eigenvalue weighted by Crippen LogP contribution is -2.61. The van der Waals surface area contributed by atoms with E-state index in [2.05, 4.69) is 254 Å². The van der Waals surface area contributed by atoms with Gasteiger partial charge in [-0.15, -0.1) is 0 Å². The van der Waals surface area contributed by atoms with E-state index in [0.29, 0.717) is 5.92 Å². The first-order valence-corrected chi connectivity index (χ1v) is 25.8. The van der Waals surface area contributed by atoms with E-state index in [9.17, 15) is 0 Å². The molecule has 2 nitrogen and oxygen atoms in total. The van der Waals surface area contributed by atoms with Crippen LogP contribution in [0.3, 0.4) is 0 Å². The summed E-state index contributed by atoms with van der Waals surface area (Å²) in [4.78, 5) is 5.33. The van der Waals surface area contributed by atoms with Gasteiger partial charge in [0.15, 0.2) is 0 Å². The second-order valence-electron chi connectivity index (χ2n) is 26.1. The Morgan fingerprint density at radius 3 is 1.52 bits per heavy atom. The van der Waals surface area contributed by atoms with E-state index in [1.165, 1.54) is 112 Å². The molecule has 2 aliphatic heterocycles. The molecule has 7 aromatic carbocycles. The molecule has 0 amide bonds. The Morgan fingerprint density at radius 1 is 0.435 bits per heavy atom. The standard InChI is InChI=1S/C66H75BN2/c1-41(2)45-33-59-61-60(34-45)69(56-31-29-50(64(9,10)11)37-53(56)44-22-20-42(21-23-44)43-24-26-48(27-25-43)62(3,4)5)57-35-47-40-66(15,16)39-46(47)32-55(57)67(61)54-30-28-51(65(12,13)14)38-58(54)68(59)52-19-17-18-49(36-52)63(6,7)8/h17-38,41H,39-40H2,1-16H3. The average molecular weight is 907 g/mol. The van der Waals surface area contributed by atoms with Crippen LogP contribution in [-0.2, 0) is 34.5 Å². The zero-order valence-electron chi connectivity index (χ0n) is 44.7. The van der Waals surface area contributed by atoms with Gasteiger partial charge < -0.3 is 9.80 Å². The van der Waals surface area contributed by atoms with Gasteiger partial charge in [-0.3, -0.25) is 0 Å². The van der Waals surface area contributed by atoms with Crippen LogP contribution in [0.4, 0.5) is 34.1 Å². The van der Waals surface area contributed by atoms with Crippen LogP contribution in [0, 0.1) is 5.41 Å². The van der Waals surface area contributed by atoms with Crippen LogP contribution in [0.15, 0.2) is 133 Å². The molecule has 0 fully saturated rings. The van der Waals surface area contributed by atoms with Crippen LogP contribution in [0.25, 0.3) is 22.3 Å². The maximum Gasteiger partial charge on any atom is 0.252 e. The number of rotatable bonds is 5. The van der Waals surface area contributed by atoms with E-state index in [4.69, 9.17) is 0 Å². The molecule has 0 bridgehead atoms. The van der Waals surface area contributed by atoms with Crippen molar-refractivity contribution in [2.75, 3.05) is 9.80 Å². The molecule has 0 unspecified atom stereocenters. The van der Waals surface area contributed by atoms with Crippen molar-refractivity contribution in [1.82, 2.24) is 0 Å². The topological polar surface area (TPSA) is 6.48 Å². The number of hydrogen-bond donors (Lipinski definition) is 0. The molecule has 2 heterocycles. The molecule has 0 saturated carbocycles. The van der Waals surface area contributed by atoms with Gasteiger partial charge in [0.1, 0.15) is 0 Å². The molecule has 0 N–H and O–H groups in total. The van der Waals surface area contributed by atoms with Gasteiger partial charge in [0.25, 0.3) is 6.71 Å². The highest BCUT2D eigenvalue weighted by Gasteiger charge is 2.46. The minimum absolute atomic E-state index is 0.00176. The zero-order valence-corrected chi connectivity index (χ0v) is 44.7. The fourth-order valence-electron chi connectivity index (χ4n) is 11.5. The second-order valence-corrected chi connectivity index (χ2v) is 26.1. The van der Waals surface area contributed by atoms with Crippen LogP contribution in [0.1, 0.15) is 156 Å². The van der Waals surface area contributed by atoms with Crippen molar-refractivity contribution in [1.29, 1.82) is 0 Å². The average Bonchev–Trinajstić information content (AvgIpc) is 3.59. The van der Waals surface area contributed by atoms with Gasteiger partial charge in [-0.1, -0.05) is 196 Å². The summed E-state index contributed by atoms with van der Waals surface area (Å²) < 4.78 is 0. The van der Waals surface area contributed by atoms with E-state index >= 15 is 0 Å². The molecule has 0 radical (unpaired) electrons. The first-order valence-electron chi connectivity index (χ1n) is 25.8. The lowest BCUT2D eigenvalue weighted by atomic mass is 9.33. The van der Waals surface area contributed by atoms with Gasteiger partial charge in [-0.05, 0) is 166 Å². The van der Waals surface area contributed by atoms with Gasteiger partial charge in [0.2, 0.25) is 0 Å². The van der Waals surface area contributed by atoms with Crippen molar-refractivity contribution in [3.05, 3.63) is 172 Å². The molecular weight excluding hydrogens is 832 g/mol. The number of anilines is 6. The van der Waals surface area contributed by atoms with Crippen molar-refractivity contribution in [2.24, 2.45) is 5.41 Å². The van der Waals surface area contributed by atoms with Crippen LogP contribution < -0.4 is 26.2 Å². The minimum atomic E-state index is -0.0340. The summed E-state index contributed by atoms with van der Waals surface area (Å²) in [6.45, 7) is 37.6. The van der Waals surface area contributed by atoms with Crippen LogP contribution in [-0.4, -0.2) is 6.71 Å². The third kappa shape index (κ3) is 8.36. The number of hydrogen-bond acceptors (Lipinski definition) is 2. The maximum absolute atomic E-state index is 2.70. The predicted molar refractivity (Wildman–Crippen MR) is 301 cm³/mol. The summed E-state index contributed by atoms with van der Waals surface area (Å²) in [6.07, 6.45) is 2.17. The Morgan fingerprint density at radius 2 is 0.928 bits per heavy atom. The van der Waals surface area contributed by atoms with E-state index in [1.807, 2.05) is 0 Å². The van der Waals surface area contributed by atoms with E-state index in [0.717, 1.165) is 12.8 Å². The van der Waals surface area contributed by atoms with Gasteiger partial charge in [-0.2, -0.15) is 0 Å². The van der Waals surface area contributed by atoms with Gasteiger partial charge in [0.05, 0.1) is 5.69 Å². The first-order chi connectivity index (χ1) is 32.3. The maximum atomic E-state index is 2.70. The normalized spacial score (nSPS) is 15.3. The molecule has 0 spiro atoms. The van der Waals surface area contributed by atoms with Crippen molar-refractivity contribution in [3.63, 3.8) is 0 Å². The molecule has 7 aromatic rings. The summed E-state index contributed by atoms with van der Waals surface area (Å²) in [5.41, 5.74) is 26.7. The van der Waals surface area contributed by atoms with E-state index < -0.39 is 0 Å². The fourth-order valence-corrected chi connectivity index (χ4v) is 11.5. The molecule has 0 aromatic heterocycles. The molecular formula is C66H75BN2. The Balaban J connectivity index is 1.27. The van der Waals surface area contributed by atoms with Gasteiger partial charge in [0, 0.05) is 34.0 Å². The largest absolute Gasteiger partial charge is 0.311 e. The Labute approximate surface area is 416 Å². The third-order valence-corrected chi connectivity index (χ3v) is 15.6. The lowest BCUT2D eigenvalue weighted by Gasteiger charge is -2.45. The minimum Gasteiger partial charge on any atom is -0.311 e. The highest BCUT2D eigenvalue weighted by molar-refractivity contribution is 7.00. The molecule has 0 saturated heterocycles. The molecule has 1 aliphatic carbocycles. The molecule has 3 heteroatoms. The lowest BCUT2D eigenvalue weighted by molar-refractivity contribution is 0.392. The van der Waals surface area contributed by atoms with Gasteiger partial charge in [-0.25, -0.2) is 0 Å². The highest BCUT2D eigenvalue weighted by atomic mass is 15.2. The van der Waals surface area contributed by atoms with Crippen molar-refractivity contribution in [3.8, 4) is 22.3 Å². The summed E-state index contributed by atoms with van der Waals surface area (Å²) in [5.74, 6) is 0.312. The van der Waals surface area contributed by atoms with Crippen LogP contribution >= 0.6 is 0 Å². The Hall–Kier alpha value is -5.80. The van der Waals surface area contributed by atoms with Crippen molar-refractivity contribution < 1.29 is 0 Å². The van der Waals surface area contributed by atoms with E-state index in [-0.39, 0.29) is 33.8 Å². The number of nitrogens with zero attached hydrogens (tertiary/aromatic N) is 2. The Kier molecular flexibility index (Phi) is 11.0. The summed E-state index contributed by atoms with van der Waals surface area (Å²) in [7, 11) is 0. The molecule has 0 atom stereocenters. The molecule has 10 rings (SSSR count). The quantitative estimate of drug-likeness (QED) is 0.159. The summed E-state index contributed by atoms with van der Waals surface area (Å²) in [6, 6.07) is 53.1. The van der Waals surface area contributed by atoms with Crippen molar-refractivity contribution in [2.45, 2.75) is 151 Å². The summed E-state index contributed by atoms with van der Waals surface area (Å²) in [5, 5.41) is 0. The van der Waals surface area contributed by atoms with Crippen LogP contribution in [0.2, 0.25) is 0 Å². The summed E-state index contributed by atoms with van der Waals surface area (Å²) >= 11 is 0. The second kappa shape index (κ2) is 16.1. The highest BCUT2D eigenvalue weighted by Crippen LogP contribution is 2.50. The SMILES string of the molecule is CC(C)c1cc2c3c(c1)N(c1ccc(C(C)(C)C)cc1-c1ccc(-c4ccc(C(C)(C)C)cc4)cc1)c1cc4c(cc1B3c1ccc(C(C)(C)C)cc1N2c1cccc(C(C)(C)C)c1)CC(C)(C)C4. The fraction of sp³-hybridized carbons (Fsp3) is 0.364. The van der Waals surface area contributed by atoms with E-state index in [1.54, 1.807) is 0 Å². The third-order valence-electron chi connectivity index (χ3n) is 15.6. The molecule has 352 valence electrons. The monoisotopic (exact) mass is 907 g/mol. The smallest absolute Gasteiger partial charge is 0.252 e.